The first-order valence-electron chi connectivity index (χ1n) is 10.4. The molecule has 0 atom stereocenters. The maximum absolute atomic E-state index is 15.1. The van der Waals surface area contributed by atoms with Gasteiger partial charge in [0.05, 0.1) is 12.1 Å². The molecule has 168 valence electrons. The van der Waals surface area contributed by atoms with Crippen molar-refractivity contribution in [1.29, 1.82) is 0 Å². The quantitative estimate of drug-likeness (QED) is 0.606. The van der Waals surface area contributed by atoms with Gasteiger partial charge in [-0.15, -0.1) is 0 Å². The van der Waals surface area contributed by atoms with Crippen molar-refractivity contribution in [3.8, 4) is 0 Å². The SMILES string of the molecule is CC(C)(C)OC(=O)N1CCc2c(ccc(NC(=O)Cc3c[nH]c4ccc(F)cc34)c2F)C1. The van der Waals surface area contributed by atoms with Crippen LogP contribution in [0.2, 0.25) is 0 Å². The van der Waals surface area contributed by atoms with Crippen LogP contribution in [0.25, 0.3) is 10.9 Å². The number of carbonyl (C=O) groups is 2. The average molecular weight is 441 g/mol. The molecule has 2 N–H and O–H groups in total. The number of carbonyl (C=O) groups excluding carboxylic acids is 2. The smallest absolute Gasteiger partial charge is 0.410 e. The second-order valence-electron chi connectivity index (χ2n) is 8.95. The van der Waals surface area contributed by atoms with Crippen LogP contribution in [0.4, 0.5) is 19.3 Å². The number of hydrogen-bond acceptors (Lipinski definition) is 3. The highest BCUT2D eigenvalue weighted by Crippen LogP contribution is 2.28. The number of rotatable bonds is 3. The third-order valence-corrected chi connectivity index (χ3v) is 5.34. The fourth-order valence-corrected chi connectivity index (χ4v) is 3.85. The molecular weight excluding hydrogens is 416 g/mol. The van der Waals surface area contributed by atoms with Crippen molar-refractivity contribution < 1.29 is 23.1 Å². The summed E-state index contributed by atoms with van der Waals surface area (Å²) in [7, 11) is 0. The zero-order valence-electron chi connectivity index (χ0n) is 18.2. The van der Waals surface area contributed by atoms with Gasteiger partial charge in [0.25, 0.3) is 0 Å². The van der Waals surface area contributed by atoms with E-state index in [2.05, 4.69) is 10.3 Å². The zero-order valence-corrected chi connectivity index (χ0v) is 18.2. The first-order valence-corrected chi connectivity index (χ1v) is 10.4. The van der Waals surface area contributed by atoms with Crippen molar-refractivity contribution >= 4 is 28.6 Å². The Morgan fingerprint density at radius 1 is 1.19 bits per heavy atom. The molecule has 0 saturated carbocycles. The number of hydrogen-bond donors (Lipinski definition) is 2. The van der Waals surface area contributed by atoms with Crippen molar-refractivity contribution in [2.75, 3.05) is 11.9 Å². The molecule has 0 fully saturated rings. The number of aromatic nitrogens is 1. The highest BCUT2D eigenvalue weighted by molar-refractivity contribution is 5.96. The van der Waals surface area contributed by atoms with Crippen LogP contribution in [0.15, 0.2) is 36.5 Å². The molecule has 3 aromatic rings. The molecule has 4 rings (SSSR count). The second kappa shape index (κ2) is 8.26. The van der Waals surface area contributed by atoms with E-state index in [1.165, 1.54) is 18.2 Å². The van der Waals surface area contributed by atoms with Crippen LogP contribution in [-0.2, 0) is 28.9 Å². The lowest BCUT2D eigenvalue weighted by Crippen LogP contribution is -2.40. The summed E-state index contributed by atoms with van der Waals surface area (Å²) >= 11 is 0. The van der Waals surface area contributed by atoms with Crippen LogP contribution < -0.4 is 5.32 Å². The summed E-state index contributed by atoms with van der Waals surface area (Å²) < 4.78 is 34.0. The molecule has 0 unspecified atom stereocenters. The number of halogens is 2. The molecular formula is C24H25F2N3O3. The van der Waals surface area contributed by atoms with Gasteiger partial charge >= 0.3 is 6.09 Å². The van der Waals surface area contributed by atoms with Crippen LogP contribution >= 0.6 is 0 Å². The Kier molecular flexibility index (Phi) is 5.62. The van der Waals surface area contributed by atoms with Crippen molar-refractivity contribution in [3.63, 3.8) is 0 Å². The number of nitrogens with zero attached hydrogens (tertiary/aromatic N) is 1. The molecule has 1 aromatic heterocycles. The third-order valence-electron chi connectivity index (χ3n) is 5.34. The van der Waals surface area contributed by atoms with Gasteiger partial charge in [0.1, 0.15) is 17.2 Å². The van der Waals surface area contributed by atoms with Gasteiger partial charge in [0.15, 0.2) is 0 Å². The van der Waals surface area contributed by atoms with Gasteiger partial charge in [-0.2, -0.15) is 0 Å². The molecule has 0 bridgehead atoms. The molecule has 8 heteroatoms. The Hall–Kier alpha value is -3.42. The predicted octanol–water partition coefficient (Wildman–Crippen LogP) is 4.92. The van der Waals surface area contributed by atoms with E-state index in [0.29, 0.717) is 35.0 Å². The zero-order chi connectivity index (χ0) is 23.0. The number of aromatic amines is 1. The Bertz CT molecular complexity index is 1200. The number of anilines is 1. The first-order chi connectivity index (χ1) is 15.1. The van der Waals surface area contributed by atoms with Crippen LogP contribution in [-0.4, -0.2) is 34.0 Å². The van der Waals surface area contributed by atoms with Crippen LogP contribution in [0.5, 0.6) is 0 Å². The van der Waals surface area contributed by atoms with Gasteiger partial charge in [0.2, 0.25) is 5.91 Å². The van der Waals surface area contributed by atoms with E-state index in [4.69, 9.17) is 4.74 Å². The maximum Gasteiger partial charge on any atom is 0.410 e. The molecule has 32 heavy (non-hydrogen) atoms. The number of benzene rings is 2. The van der Waals surface area contributed by atoms with Gasteiger partial charge in [-0.05, 0) is 68.1 Å². The Morgan fingerprint density at radius 3 is 2.72 bits per heavy atom. The Morgan fingerprint density at radius 2 is 1.97 bits per heavy atom. The van der Waals surface area contributed by atoms with Crippen LogP contribution in [0, 0.1) is 11.6 Å². The van der Waals surface area contributed by atoms with Crippen LogP contribution in [0.1, 0.15) is 37.5 Å². The lowest BCUT2D eigenvalue weighted by molar-refractivity contribution is -0.115. The second-order valence-corrected chi connectivity index (χ2v) is 8.95. The summed E-state index contributed by atoms with van der Waals surface area (Å²) in [5, 5.41) is 3.23. The van der Waals surface area contributed by atoms with Gasteiger partial charge in [-0.25, -0.2) is 13.6 Å². The van der Waals surface area contributed by atoms with Crippen molar-refractivity contribution in [3.05, 3.63) is 64.9 Å². The minimum atomic E-state index is -0.604. The monoisotopic (exact) mass is 441 g/mol. The highest BCUT2D eigenvalue weighted by atomic mass is 19.1. The van der Waals surface area contributed by atoms with Gasteiger partial charge in [-0.3, -0.25) is 4.79 Å². The number of H-pyrrole nitrogens is 1. The summed E-state index contributed by atoms with van der Waals surface area (Å²) in [6.45, 7) is 5.96. The summed E-state index contributed by atoms with van der Waals surface area (Å²) in [4.78, 5) is 29.4. The molecule has 0 radical (unpaired) electrons. The summed E-state index contributed by atoms with van der Waals surface area (Å²) in [6.07, 6.45) is 1.52. The van der Waals surface area contributed by atoms with E-state index in [9.17, 15) is 14.0 Å². The minimum absolute atomic E-state index is 0.0214. The molecule has 6 nitrogen and oxygen atoms in total. The fourth-order valence-electron chi connectivity index (χ4n) is 3.85. The van der Waals surface area contributed by atoms with Gasteiger partial charge in [0, 0.05) is 30.2 Å². The van der Waals surface area contributed by atoms with Crippen molar-refractivity contribution in [2.45, 2.75) is 45.8 Å². The first kappa shape index (κ1) is 21.8. The molecule has 0 aliphatic carbocycles. The van der Waals surface area contributed by atoms with Crippen molar-refractivity contribution in [2.24, 2.45) is 0 Å². The molecule has 2 amide bonds. The van der Waals surface area contributed by atoms with Gasteiger partial charge < -0.3 is 19.9 Å². The number of ether oxygens (including phenoxy) is 1. The summed E-state index contributed by atoms with van der Waals surface area (Å²) in [5.74, 6) is -1.29. The Balaban J connectivity index is 1.46. The highest BCUT2D eigenvalue weighted by Gasteiger charge is 2.28. The Labute approximate surface area is 184 Å². The molecule has 1 aliphatic rings. The minimum Gasteiger partial charge on any atom is -0.444 e. The van der Waals surface area contributed by atoms with Crippen LogP contribution in [0.3, 0.4) is 0 Å². The van der Waals surface area contributed by atoms with E-state index < -0.39 is 23.4 Å². The molecule has 2 aromatic carbocycles. The van der Waals surface area contributed by atoms with E-state index in [1.807, 2.05) is 0 Å². The van der Waals surface area contributed by atoms with Gasteiger partial charge in [-0.1, -0.05) is 6.07 Å². The number of amides is 2. The normalized spacial score (nSPS) is 13.7. The molecule has 0 saturated heterocycles. The predicted molar refractivity (Wildman–Crippen MR) is 117 cm³/mol. The number of nitrogens with one attached hydrogen (secondary N) is 2. The average Bonchev–Trinajstić information content (AvgIpc) is 3.10. The standard InChI is InChI=1S/C24H25F2N3O3/c1-24(2,3)32-23(31)29-9-8-17-14(13-29)4-6-20(22(17)26)28-21(30)10-15-12-27-19-7-5-16(25)11-18(15)19/h4-7,11-12,27H,8-10,13H2,1-3H3,(H,28,30). The topological polar surface area (TPSA) is 74.4 Å². The largest absolute Gasteiger partial charge is 0.444 e. The van der Waals surface area contributed by atoms with Crippen molar-refractivity contribution in [1.82, 2.24) is 9.88 Å². The lowest BCUT2D eigenvalue weighted by atomic mass is 9.98. The van der Waals surface area contributed by atoms with E-state index in [0.717, 1.165) is 5.52 Å². The maximum atomic E-state index is 15.1. The number of fused-ring (bicyclic) bond motifs is 2. The van der Waals surface area contributed by atoms with E-state index in [1.54, 1.807) is 44.0 Å². The molecule has 1 aliphatic heterocycles. The van der Waals surface area contributed by atoms with E-state index in [-0.39, 0.29) is 24.5 Å². The summed E-state index contributed by atoms with van der Waals surface area (Å²) in [5.41, 5.74) is 2.01. The molecule has 2 heterocycles. The molecule has 0 spiro atoms. The summed E-state index contributed by atoms with van der Waals surface area (Å²) in [6, 6.07) is 7.53. The third kappa shape index (κ3) is 4.59. The lowest BCUT2D eigenvalue weighted by Gasteiger charge is -2.31. The van der Waals surface area contributed by atoms with E-state index >= 15 is 4.39 Å². The fraction of sp³-hybridized carbons (Fsp3) is 0.333.